The van der Waals surface area contributed by atoms with Crippen LogP contribution in [0.25, 0.3) is 0 Å². The number of pyridine rings is 1. The van der Waals surface area contributed by atoms with E-state index in [1.807, 2.05) is 36.2 Å². The van der Waals surface area contributed by atoms with Gasteiger partial charge in [-0.3, -0.25) is 4.72 Å². The summed E-state index contributed by atoms with van der Waals surface area (Å²) in [5.74, 6) is 0.238. The van der Waals surface area contributed by atoms with Gasteiger partial charge in [0, 0.05) is 13.6 Å². The number of aromatic nitrogens is 1. The molecule has 0 bridgehead atoms. The number of nitrogens with one attached hydrogen (secondary N) is 1. The standard InChI is InChI=1S/C19H18ClN3O2S/c1-23(14-15-7-3-2-4-8-15)16-11-12-19(21-13-16)22-26(24,25)18-10-6-5-9-17(18)20/h2-13H,14H2,1H3,(H,21,22). The molecule has 3 aromatic rings. The van der Waals surface area contributed by atoms with Crippen molar-refractivity contribution in [3.8, 4) is 0 Å². The Morgan fingerprint density at radius 3 is 2.35 bits per heavy atom. The highest BCUT2D eigenvalue weighted by Gasteiger charge is 2.18. The summed E-state index contributed by atoms with van der Waals surface area (Å²) in [6.07, 6.45) is 1.63. The summed E-state index contributed by atoms with van der Waals surface area (Å²) in [6, 6.07) is 19.8. The molecule has 1 heterocycles. The molecule has 0 aliphatic carbocycles. The number of anilines is 2. The quantitative estimate of drug-likeness (QED) is 0.689. The maximum absolute atomic E-state index is 12.4. The van der Waals surface area contributed by atoms with Crippen LogP contribution >= 0.6 is 11.6 Å². The number of sulfonamides is 1. The summed E-state index contributed by atoms with van der Waals surface area (Å²) in [5.41, 5.74) is 2.06. The minimum Gasteiger partial charge on any atom is -0.369 e. The molecule has 0 aliphatic rings. The molecule has 134 valence electrons. The van der Waals surface area contributed by atoms with Gasteiger partial charge in [-0.05, 0) is 29.8 Å². The van der Waals surface area contributed by atoms with E-state index in [0.29, 0.717) is 0 Å². The van der Waals surface area contributed by atoms with E-state index < -0.39 is 10.0 Å². The molecule has 0 saturated heterocycles. The van der Waals surface area contributed by atoms with Crippen molar-refractivity contribution in [1.82, 2.24) is 4.98 Å². The van der Waals surface area contributed by atoms with Crippen molar-refractivity contribution in [1.29, 1.82) is 0 Å². The average molecular weight is 388 g/mol. The first-order valence-electron chi connectivity index (χ1n) is 7.94. The summed E-state index contributed by atoms with van der Waals surface area (Å²) in [5, 5.41) is 0.166. The molecule has 1 aromatic heterocycles. The van der Waals surface area contributed by atoms with Crippen molar-refractivity contribution in [2.45, 2.75) is 11.4 Å². The zero-order chi connectivity index (χ0) is 18.6. The Morgan fingerprint density at radius 1 is 1.00 bits per heavy atom. The van der Waals surface area contributed by atoms with Crippen molar-refractivity contribution in [3.05, 3.63) is 83.5 Å². The van der Waals surface area contributed by atoms with Crippen molar-refractivity contribution in [3.63, 3.8) is 0 Å². The zero-order valence-electron chi connectivity index (χ0n) is 14.1. The molecule has 0 unspecified atom stereocenters. The second kappa shape index (κ2) is 7.76. The predicted octanol–water partition coefficient (Wildman–Crippen LogP) is 4.17. The fraction of sp³-hybridized carbons (Fsp3) is 0.105. The van der Waals surface area contributed by atoms with Crippen molar-refractivity contribution in [2.24, 2.45) is 0 Å². The largest absolute Gasteiger partial charge is 0.369 e. The lowest BCUT2D eigenvalue weighted by molar-refractivity contribution is 0.601. The number of nitrogens with zero attached hydrogens (tertiary/aromatic N) is 2. The van der Waals surface area contributed by atoms with Gasteiger partial charge >= 0.3 is 0 Å². The Bertz CT molecular complexity index is 977. The van der Waals surface area contributed by atoms with Gasteiger partial charge in [-0.1, -0.05) is 54.1 Å². The average Bonchev–Trinajstić information content (AvgIpc) is 2.63. The summed E-state index contributed by atoms with van der Waals surface area (Å²) < 4.78 is 27.3. The molecule has 1 N–H and O–H groups in total. The van der Waals surface area contributed by atoms with Crippen LogP contribution in [0.1, 0.15) is 5.56 Å². The molecule has 2 aromatic carbocycles. The minimum atomic E-state index is -3.78. The van der Waals surface area contributed by atoms with E-state index in [-0.39, 0.29) is 15.7 Å². The molecule has 0 amide bonds. The first-order chi connectivity index (χ1) is 12.5. The van der Waals surface area contributed by atoms with E-state index in [4.69, 9.17) is 11.6 Å². The first-order valence-corrected chi connectivity index (χ1v) is 9.80. The molecule has 3 rings (SSSR count). The van der Waals surface area contributed by atoms with E-state index in [9.17, 15) is 8.42 Å². The van der Waals surface area contributed by atoms with Gasteiger partial charge in [0.15, 0.2) is 0 Å². The number of hydrogen-bond donors (Lipinski definition) is 1. The Labute approximate surface area is 158 Å². The van der Waals surface area contributed by atoms with Crippen LogP contribution in [0.15, 0.2) is 77.8 Å². The maximum atomic E-state index is 12.4. The molecule has 0 spiro atoms. The highest BCUT2D eigenvalue weighted by molar-refractivity contribution is 7.92. The Kier molecular flexibility index (Phi) is 5.44. The van der Waals surface area contributed by atoms with Gasteiger partial charge in [0.05, 0.1) is 16.9 Å². The monoisotopic (exact) mass is 387 g/mol. The van der Waals surface area contributed by atoms with Gasteiger partial charge < -0.3 is 4.90 Å². The Hall–Kier alpha value is -2.57. The van der Waals surface area contributed by atoms with Crippen LogP contribution in [0.5, 0.6) is 0 Å². The van der Waals surface area contributed by atoms with Gasteiger partial charge in [0.25, 0.3) is 10.0 Å². The molecule has 0 saturated carbocycles. The van der Waals surface area contributed by atoms with Gasteiger partial charge in [-0.25, -0.2) is 13.4 Å². The smallest absolute Gasteiger partial charge is 0.264 e. The highest BCUT2D eigenvalue weighted by Crippen LogP contribution is 2.23. The van der Waals surface area contributed by atoms with Crippen LogP contribution in [-0.4, -0.2) is 20.4 Å². The molecular formula is C19H18ClN3O2S. The molecule has 26 heavy (non-hydrogen) atoms. The molecular weight excluding hydrogens is 370 g/mol. The van der Waals surface area contributed by atoms with E-state index in [1.165, 1.54) is 17.7 Å². The molecule has 7 heteroatoms. The van der Waals surface area contributed by atoms with Crippen LogP contribution in [-0.2, 0) is 16.6 Å². The topological polar surface area (TPSA) is 62.3 Å². The van der Waals surface area contributed by atoms with Gasteiger partial charge in [0.2, 0.25) is 0 Å². The van der Waals surface area contributed by atoms with Crippen molar-refractivity contribution < 1.29 is 8.42 Å². The number of benzene rings is 2. The molecule has 0 atom stereocenters. The summed E-state index contributed by atoms with van der Waals surface area (Å²) >= 11 is 5.97. The van der Waals surface area contributed by atoms with Crippen LogP contribution in [0.4, 0.5) is 11.5 Å². The molecule has 0 aliphatic heterocycles. The van der Waals surface area contributed by atoms with E-state index >= 15 is 0 Å². The van der Waals surface area contributed by atoms with Gasteiger partial charge in [0.1, 0.15) is 10.7 Å². The third kappa shape index (κ3) is 4.33. The predicted molar refractivity (Wildman–Crippen MR) is 105 cm³/mol. The van der Waals surface area contributed by atoms with Crippen LogP contribution in [0.2, 0.25) is 5.02 Å². The molecule has 5 nitrogen and oxygen atoms in total. The third-order valence-electron chi connectivity index (χ3n) is 3.82. The molecule has 0 radical (unpaired) electrons. The second-order valence-electron chi connectivity index (χ2n) is 5.78. The third-order valence-corrected chi connectivity index (χ3v) is 5.67. The Morgan fingerprint density at radius 2 is 1.69 bits per heavy atom. The second-order valence-corrected chi connectivity index (χ2v) is 7.84. The maximum Gasteiger partial charge on any atom is 0.264 e. The lowest BCUT2D eigenvalue weighted by atomic mass is 10.2. The summed E-state index contributed by atoms with van der Waals surface area (Å²) in [6.45, 7) is 0.729. The van der Waals surface area contributed by atoms with Gasteiger partial charge in [-0.15, -0.1) is 0 Å². The normalized spacial score (nSPS) is 11.2. The van der Waals surface area contributed by atoms with Crippen molar-refractivity contribution in [2.75, 3.05) is 16.7 Å². The van der Waals surface area contributed by atoms with E-state index in [2.05, 4.69) is 21.8 Å². The lowest BCUT2D eigenvalue weighted by Crippen LogP contribution is -2.17. The number of rotatable bonds is 6. The SMILES string of the molecule is CN(Cc1ccccc1)c1ccc(NS(=O)(=O)c2ccccc2Cl)nc1. The van der Waals surface area contributed by atoms with Crippen LogP contribution in [0.3, 0.4) is 0 Å². The fourth-order valence-electron chi connectivity index (χ4n) is 2.48. The number of hydrogen-bond acceptors (Lipinski definition) is 4. The fourth-order valence-corrected chi connectivity index (χ4v) is 4.01. The van der Waals surface area contributed by atoms with E-state index in [1.54, 1.807) is 24.4 Å². The minimum absolute atomic E-state index is 0.0220. The van der Waals surface area contributed by atoms with E-state index in [0.717, 1.165) is 12.2 Å². The zero-order valence-corrected chi connectivity index (χ0v) is 15.7. The van der Waals surface area contributed by atoms with Crippen molar-refractivity contribution >= 4 is 33.1 Å². The summed E-state index contributed by atoms with van der Waals surface area (Å²) in [7, 11) is -1.83. The van der Waals surface area contributed by atoms with Gasteiger partial charge in [-0.2, -0.15) is 0 Å². The summed E-state index contributed by atoms with van der Waals surface area (Å²) in [4.78, 5) is 6.27. The Balaban J connectivity index is 1.72. The molecule has 0 fully saturated rings. The first kappa shape index (κ1) is 18.2. The van der Waals surface area contributed by atoms with Crippen LogP contribution in [0, 0.1) is 0 Å². The lowest BCUT2D eigenvalue weighted by Gasteiger charge is -2.19. The van der Waals surface area contributed by atoms with Crippen LogP contribution < -0.4 is 9.62 Å². The highest BCUT2D eigenvalue weighted by atomic mass is 35.5. The number of halogens is 1.